The highest BCUT2D eigenvalue weighted by Gasteiger charge is 2.20. The standard InChI is InChI=1S/C17H25N7.HI/c1-15-13-21-24(14-15)8-7-20-17(18-2)23-11-9-22(10-12-23)16-5-3-4-6-19-16;/h3-6,13-14H,7-12H2,1-2H3,(H,18,20);1H. The number of piperazine rings is 1. The van der Waals surface area contributed by atoms with Crippen molar-refractivity contribution in [3.63, 3.8) is 0 Å². The summed E-state index contributed by atoms with van der Waals surface area (Å²) >= 11 is 0. The van der Waals surface area contributed by atoms with Crippen molar-refractivity contribution in [2.24, 2.45) is 4.99 Å². The molecule has 1 aliphatic heterocycles. The molecule has 0 atom stereocenters. The molecule has 2 aromatic rings. The fourth-order valence-electron chi connectivity index (χ4n) is 2.89. The van der Waals surface area contributed by atoms with E-state index in [9.17, 15) is 0 Å². The van der Waals surface area contributed by atoms with Gasteiger partial charge in [0.15, 0.2) is 5.96 Å². The van der Waals surface area contributed by atoms with Gasteiger partial charge in [-0.1, -0.05) is 6.07 Å². The zero-order valence-corrected chi connectivity index (χ0v) is 17.1. The highest BCUT2D eigenvalue weighted by atomic mass is 127. The normalized spacial score (nSPS) is 15.0. The third kappa shape index (κ3) is 5.32. The third-order valence-electron chi connectivity index (χ3n) is 4.15. The van der Waals surface area contributed by atoms with Gasteiger partial charge in [0.05, 0.1) is 12.7 Å². The number of hydrogen-bond acceptors (Lipinski definition) is 4. The van der Waals surface area contributed by atoms with Crippen LogP contribution in [0.15, 0.2) is 41.8 Å². The van der Waals surface area contributed by atoms with Crippen molar-refractivity contribution in [3.05, 3.63) is 42.4 Å². The fraction of sp³-hybridized carbons (Fsp3) is 0.471. The fourth-order valence-corrected chi connectivity index (χ4v) is 2.89. The molecule has 0 radical (unpaired) electrons. The number of anilines is 1. The molecule has 0 amide bonds. The highest BCUT2D eigenvalue weighted by molar-refractivity contribution is 14.0. The maximum Gasteiger partial charge on any atom is 0.193 e. The largest absolute Gasteiger partial charge is 0.354 e. The van der Waals surface area contributed by atoms with Gasteiger partial charge in [-0.3, -0.25) is 9.67 Å². The van der Waals surface area contributed by atoms with E-state index in [-0.39, 0.29) is 24.0 Å². The van der Waals surface area contributed by atoms with Gasteiger partial charge in [0, 0.05) is 52.2 Å². The van der Waals surface area contributed by atoms with Crippen LogP contribution in [0.25, 0.3) is 0 Å². The zero-order chi connectivity index (χ0) is 16.8. The molecule has 1 fully saturated rings. The number of nitrogens with zero attached hydrogens (tertiary/aromatic N) is 6. The summed E-state index contributed by atoms with van der Waals surface area (Å²) in [5.41, 5.74) is 1.19. The number of rotatable bonds is 4. The topological polar surface area (TPSA) is 61.6 Å². The van der Waals surface area contributed by atoms with Gasteiger partial charge < -0.3 is 15.1 Å². The molecular formula is C17H26IN7. The number of aromatic nitrogens is 3. The van der Waals surface area contributed by atoms with E-state index in [1.54, 1.807) is 0 Å². The Balaban J connectivity index is 0.00000225. The summed E-state index contributed by atoms with van der Waals surface area (Å²) in [6.07, 6.45) is 5.78. The van der Waals surface area contributed by atoms with E-state index in [1.165, 1.54) is 5.56 Å². The third-order valence-corrected chi connectivity index (χ3v) is 4.15. The number of nitrogens with one attached hydrogen (secondary N) is 1. The molecule has 0 saturated carbocycles. The lowest BCUT2D eigenvalue weighted by Crippen LogP contribution is -2.53. The molecule has 0 aliphatic carbocycles. The molecule has 0 unspecified atom stereocenters. The predicted molar refractivity (Wildman–Crippen MR) is 112 cm³/mol. The molecule has 3 rings (SSSR count). The second kappa shape index (κ2) is 9.59. The molecule has 7 nitrogen and oxygen atoms in total. The van der Waals surface area contributed by atoms with E-state index >= 15 is 0 Å². The second-order valence-electron chi connectivity index (χ2n) is 5.92. The van der Waals surface area contributed by atoms with Crippen LogP contribution in [0.3, 0.4) is 0 Å². The highest BCUT2D eigenvalue weighted by Crippen LogP contribution is 2.12. The van der Waals surface area contributed by atoms with Gasteiger partial charge in [-0.05, 0) is 24.6 Å². The maximum atomic E-state index is 4.43. The van der Waals surface area contributed by atoms with Crippen molar-refractivity contribution in [1.82, 2.24) is 25.0 Å². The van der Waals surface area contributed by atoms with E-state index in [1.807, 2.05) is 36.3 Å². The number of guanidine groups is 1. The van der Waals surface area contributed by atoms with Crippen molar-refractivity contribution in [1.29, 1.82) is 0 Å². The lowest BCUT2D eigenvalue weighted by atomic mass is 10.3. The molecule has 0 aromatic carbocycles. The Morgan fingerprint density at radius 2 is 2.04 bits per heavy atom. The first-order valence-corrected chi connectivity index (χ1v) is 8.37. The summed E-state index contributed by atoms with van der Waals surface area (Å²) in [6, 6.07) is 6.05. The molecule has 0 spiro atoms. The Morgan fingerprint density at radius 1 is 1.24 bits per heavy atom. The van der Waals surface area contributed by atoms with Crippen molar-refractivity contribution in [2.75, 3.05) is 44.7 Å². The zero-order valence-electron chi connectivity index (χ0n) is 14.8. The quantitative estimate of drug-likeness (QED) is 0.431. The monoisotopic (exact) mass is 455 g/mol. The molecule has 0 bridgehead atoms. The van der Waals surface area contributed by atoms with Gasteiger partial charge in [0.1, 0.15) is 5.82 Å². The molecule has 8 heteroatoms. The Labute approximate surface area is 166 Å². The van der Waals surface area contributed by atoms with Crippen LogP contribution in [0.1, 0.15) is 5.56 Å². The van der Waals surface area contributed by atoms with Crippen LogP contribution in [0, 0.1) is 6.92 Å². The summed E-state index contributed by atoms with van der Waals surface area (Å²) in [5, 5.41) is 7.74. The van der Waals surface area contributed by atoms with Crippen molar-refractivity contribution < 1.29 is 0 Å². The van der Waals surface area contributed by atoms with Crippen LogP contribution < -0.4 is 10.2 Å². The smallest absolute Gasteiger partial charge is 0.193 e. The van der Waals surface area contributed by atoms with E-state index in [0.29, 0.717) is 0 Å². The number of pyridine rings is 1. The Kier molecular flexibility index (Phi) is 7.48. The van der Waals surface area contributed by atoms with Crippen LogP contribution >= 0.6 is 24.0 Å². The Morgan fingerprint density at radius 3 is 2.64 bits per heavy atom. The van der Waals surface area contributed by atoms with Crippen LogP contribution in [0.2, 0.25) is 0 Å². The summed E-state index contributed by atoms with van der Waals surface area (Å²) < 4.78 is 1.95. The maximum absolute atomic E-state index is 4.43. The first-order chi connectivity index (χ1) is 11.8. The van der Waals surface area contributed by atoms with Crippen LogP contribution in [-0.4, -0.2) is 65.4 Å². The summed E-state index contributed by atoms with van der Waals surface area (Å²) in [6.45, 7) is 7.49. The number of aliphatic imine (C=N–C) groups is 1. The summed E-state index contributed by atoms with van der Waals surface area (Å²) in [5.74, 6) is 2.01. The van der Waals surface area contributed by atoms with Crippen LogP contribution in [0.4, 0.5) is 5.82 Å². The Hall–Kier alpha value is -1.84. The molecular weight excluding hydrogens is 429 g/mol. The average molecular weight is 455 g/mol. The van der Waals surface area contributed by atoms with Crippen molar-refractivity contribution in [3.8, 4) is 0 Å². The van der Waals surface area contributed by atoms with Crippen LogP contribution in [-0.2, 0) is 6.54 Å². The van der Waals surface area contributed by atoms with Crippen LogP contribution in [0.5, 0.6) is 0 Å². The van der Waals surface area contributed by atoms with E-state index < -0.39 is 0 Å². The SMILES string of the molecule is CN=C(NCCn1cc(C)cn1)N1CCN(c2ccccn2)CC1.I. The summed E-state index contributed by atoms with van der Waals surface area (Å²) in [7, 11) is 1.84. The minimum Gasteiger partial charge on any atom is -0.354 e. The summed E-state index contributed by atoms with van der Waals surface area (Å²) in [4.78, 5) is 13.5. The Bertz CT molecular complexity index is 663. The number of hydrogen-bond donors (Lipinski definition) is 1. The first-order valence-electron chi connectivity index (χ1n) is 8.37. The van der Waals surface area contributed by atoms with Gasteiger partial charge in [-0.15, -0.1) is 24.0 Å². The number of aryl methyl sites for hydroxylation is 1. The first kappa shape index (κ1) is 19.5. The van der Waals surface area contributed by atoms with Crippen molar-refractivity contribution >= 4 is 35.8 Å². The van der Waals surface area contributed by atoms with Gasteiger partial charge in [0.25, 0.3) is 0 Å². The van der Waals surface area contributed by atoms with Gasteiger partial charge >= 0.3 is 0 Å². The molecule has 1 saturated heterocycles. The lowest BCUT2D eigenvalue weighted by molar-refractivity contribution is 0.370. The van der Waals surface area contributed by atoms with E-state index in [4.69, 9.17) is 0 Å². The van der Waals surface area contributed by atoms with Gasteiger partial charge in [-0.2, -0.15) is 5.10 Å². The molecule has 3 heterocycles. The second-order valence-corrected chi connectivity index (χ2v) is 5.92. The minimum absolute atomic E-state index is 0. The van der Waals surface area contributed by atoms with Gasteiger partial charge in [0.2, 0.25) is 0 Å². The minimum atomic E-state index is 0. The van der Waals surface area contributed by atoms with E-state index in [0.717, 1.165) is 51.0 Å². The van der Waals surface area contributed by atoms with Crippen molar-refractivity contribution in [2.45, 2.75) is 13.5 Å². The molecule has 1 aliphatic rings. The molecule has 25 heavy (non-hydrogen) atoms. The molecule has 136 valence electrons. The predicted octanol–water partition coefficient (Wildman–Crippen LogP) is 1.60. The number of halogens is 1. The van der Waals surface area contributed by atoms with Gasteiger partial charge in [-0.25, -0.2) is 4.98 Å². The van der Waals surface area contributed by atoms with E-state index in [2.05, 4.69) is 49.4 Å². The molecule has 1 N–H and O–H groups in total. The molecule has 2 aromatic heterocycles. The lowest BCUT2D eigenvalue weighted by Gasteiger charge is -2.37. The average Bonchev–Trinajstić information content (AvgIpc) is 3.05.